The van der Waals surface area contributed by atoms with E-state index in [0.29, 0.717) is 12.2 Å². The fraction of sp³-hybridized carbons (Fsp3) is 0.211. The van der Waals surface area contributed by atoms with E-state index in [1.165, 1.54) is 0 Å². The van der Waals surface area contributed by atoms with Gasteiger partial charge in [-0.05, 0) is 5.56 Å². The van der Waals surface area contributed by atoms with E-state index in [1.807, 2.05) is 66.7 Å². The third-order valence-corrected chi connectivity index (χ3v) is 4.38. The zero-order valence-electron chi connectivity index (χ0n) is 12.4. The zero-order valence-corrected chi connectivity index (χ0v) is 13.2. The number of hydrogen-bond donors (Lipinski definition) is 1. The van der Waals surface area contributed by atoms with Crippen molar-refractivity contribution in [3.8, 4) is 0 Å². The number of ketones is 1. The van der Waals surface area contributed by atoms with Crippen molar-refractivity contribution in [3.63, 3.8) is 0 Å². The van der Waals surface area contributed by atoms with Gasteiger partial charge in [-0.15, -0.1) is 0 Å². The summed E-state index contributed by atoms with van der Waals surface area (Å²) >= 11 is 1.61. The first-order valence-corrected chi connectivity index (χ1v) is 8.38. The summed E-state index contributed by atoms with van der Waals surface area (Å²) in [4.78, 5) is 12.3. The van der Waals surface area contributed by atoms with Crippen molar-refractivity contribution in [1.82, 2.24) is 0 Å². The van der Waals surface area contributed by atoms with Gasteiger partial charge < -0.3 is 5.11 Å². The maximum absolute atomic E-state index is 12.3. The van der Waals surface area contributed by atoms with Gasteiger partial charge in [-0.1, -0.05) is 72.8 Å². The monoisotopic (exact) mass is 312 g/mol. The molecule has 0 aromatic heterocycles. The van der Waals surface area contributed by atoms with Crippen LogP contribution in [0.1, 0.15) is 22.3 Å². The lowest BCUT2D eigenvalue weighted by Crippen LogP contribution is -2.10. The predicted octanol–water partition coefficient (Wildman–Crippen LogP) is 4.07. The van der Waals surface area contributed by atoms with Crippen molar-refractivity contribution in [2.45, 2.75) is 11.7 Å². The zero-order chi connectivity index (χ0) is 15.6. The van der Waals surface area contributed by atoms with Crippen LogP contribution >= 0.6 is 11.8 Å². The maximum atomic E-state index is 12.3. The first kappa shape index (κ1) is 16.5. The molecule has 0 aliphatic carbocycles. The lowest BCUT2D eigenvalue weighted by Gasteiger charge is -2.11. The normalized spacial score (nSPS) is 12.4. The van der Waals surface area contributed by atoms with Crippen molar-refractivity contribution < 1.29 is 9.90 Å². The Labute approximate surface area is 135 Å². The van der Waals surface area contributed by atoms with E-state index < -0.39 is 0 Å². The number of rotatable bonds is 8. The molecule has 1 atom stereocenters. The van der Waals surface area contributed by atoms with Gasteiger partial charge in [0, 0.05) is 23.0 Å². The third-order valence-electron chi connectivity index (χ3n) is 3.21. The lowest BCUT2D eigenvalue weighted by molar-refractivity contribution is 0.0985. The van der Waals surface area contributed by atoms with Crippen LogP contribution < -0.4 is 0 Å². The number of aliphatic hydroxyl groups is 1. The summed E-state index contributed by atoms with van der Waals surface area (Å²) in [5.41, 5.74) is 1.86. The molecule has 0 heterocycles. The molecule has 1 unspecified atom stereocenters. The molecule has 2 aromatic rings. The molecule has 22 heavy (non-hydrogen) atoms. The van der Waals surface area contributed by atoms with E-state index >= 15 is 0 Å². The SMILES string of the molecule is O=C(CC(/C=C/c1ccccc1)SCCO)c1ccccc1. The molecule has 0 spiro atoms. The number of aliphatic hydroxyl groups excluding tert-OH is 1. The first-order valence-electron chi connectivity index (χ1n) is 7.33. The molecule has 0 saturated carbocycles. The summed E-state index contributed by atoms with van der Waals surface area (Å²) in [6.45, 7) is 0.125. The van der Waals surface area contributed by atoms with E-state index in [-0.39, 0.29) is 17.6 Å². The van der Waals surface area contributed by atoms with Crippen LogP contribution in [0.15, 0.2) is 66.7 Å². The van der Waals surface area contributed by atoms with Crippen molar-refractivity contribution in [2.24, 2.45) is 0 Å². The summed E-state index contributed by atoms with van der Waals surface area (Å²) in [7, 11) is 0. The number of thioether (sulfide) groups is 1. The molecule has 2 nitrogen and oxygen atoms in total. The van der Waals surface area contributed by atoms with Gasteiger partial charge in [0.1, 0.15) is 0 Å². The molecule has 0 aliphatic heterocycles. The molecule has 0 aliphatic rings. The van der Waals surface area contributed by atoms with E-state index in [2.05, 4.69) is 6.08 Å². The highest BCUT2D eigenvalue weighted by atomic mass is 32.2. The Morgan fingerprint density at radius 2 is 1.68 bits per heavy atom. The smallest absolute Gasteiger partial charge is 0.164 e. The fourth-order valence-electron chi connectivity index (χ4n) is 2.09. The van der Waals surface area contributed by atoms with Crippen molar-refractivity contribution in [1.29, 1.82) is 0 Å². The van der Waals surface area contributed by atoms with Crippen LogP contribution in [0.25, 0.3) is 6.08 Å². The largest absolute Gasteiger partial charge is 0.396 e. The second-order valence-corrected chi connectivity index (χ2v) is 6.24. The molecule has 0 saturated heterocycles. The molecule has 1 N–H and O–H groups in total. The van der Waals surface area contributed by atoms with Crippen LogP contribution in [0.4, 0.5) is 0 Å². The van der Waals surface area contributed by atoms with Gasteiger partial charge in [0.15, 0.2) is 5.78 Å². The first-order chi connectivity index (χ1) is 10.8. The Kier molecular flexibility index (Phi) is 6.94. The minimum atomic E-state index is 0.0695. The molecule has 0 radical (unpaired) electrons. The average molecular weight is 312 g/mol. The Bertz CT molecular complexity index is 593. The standard InChI is InChI=1S/C19H20O2S/c20-13-14-22-18(12-11-16-7-3-1-4-8-16)15-19(21)17-9-5-2-6-10-17/h1-12,18,20H,13-15H2/b12-11+. The molecule has 0 fully saturated rings. The van der Waals surface area contributed by atoms with Crippen molar-refractivity contribution >= 4 is 23.6 Å². The molecule has 0 amide bonds. The molecular formula is C19H20O2S. The van der Waals surface area contributed by atoms with Crippen molar-refractivity contribution in [2.75, 3.05) is 12.4 Å². The van der Waals surface area contributed by atoms with Gasteiger partial charge in [-0.2, -0.15) is 11.8 Å². The van der Waals surface area contributed by atoms with Gasteiger partial charge in [-0.25, -0.2) is 0 Å². The van der Waals surface area contributed by atoms with E-state index in [0.717, 1.165) is 11.1 Å². The minimum Gasteiger partial charge on any atom is -0.396 e. The number of carbonyl (C=O) groups is 1. The number of Topliss-reactive ketones (excluding diaryl/α,β-unsaturated/α-hetero) is 1. The highest BCUT2D eigenvalue weighted by Crippen LogP contribution is 2.20. The van der Waals surface area contributed by atoms with Gasteiger partial charge in [0.05, 0.1) is 6.61 Å². The molecule has 2 aromatic carbocycles. The van der Waals surface area contributed by atoms with Gasteiger partial charge in [-0.3, -0.25) is 4.79 Å². The Morgan fingerprint density at radius 3 is 2.32 bits per heavy atom. The quantitative estimate of drug-likeness (QED) is 0.747. The van der Waals surface area contributed by atoms with Crippen LogP contribution in [0.3, 0.4) is 0 Å². The van der Waals surface area contributed by atoms with E-state index in [9.17, 15) is 4.79 Å². The molecule has 114 valence electrons. The lowest BCUT2D eigenvalue weighted by atomic mass is 10.1. The highest BCUT2D eigenvalue weighted by molar-refractivity contribution is 8.00. The Balaban J connectivity index is 2.03. The fourth-order valence-corrected chi connectivity index (χ4v) is 2.96. The maximum Gasteiger partial charge on any atom is 0.164 e. The number of benzene rings is 2. The van der Waals surface area contributed by atoms with Crippen LogP contribution in [-0.4, -0.2) is 28.5 Å². The van der Waals surface area contributed by atoms with Crippen molar-refractivity contribution in [3.05, 3.63) is 77.9 Å². The molecule has 0 bridgehead atoms. The van der Waals surface area contributed by atoms with Gasteiger partial charge in [0.2, 0.25) is 0 Å². The third kappa shape index (κ3) is 5.51. The average Bonchev–Trinajstić information content (AvgIpc) is 2.59. The second-order valence-electron chi connectivity index (χ2n) is 4.90. The van der Waals surface area contributed by atoms with Crippen LogP contribution in [0.5, 0.6) is 0 Å². The van der Waals surface area contributed by atoms with Crippen LogP contribution in [0.2, 0.25) is 0 Å². The second kappa shape index (κ2) is 9.23. The predicted molar refractivity (Wildman–Crippen MR) is 94.2 cm³/mol. The number of carbonyl (C=O) groups excluding carboxylic acids is 1. The topological polar surface area (TPSA) is 37.3 Å². The highest BCUT2D eigenvalue weighted by Gasteiger charge is 2.13. The minimum absolute atomic E-state index is 0.0695. The Morgan fingerprint density at radius 1 is 1.05 bits per heavy atom. The molecule has 3 heteroatoms. The molecular weight excluding hydrogens is 292 g/mol. The van der Waals surface area contributed by atoms with E-state index in [1.54, 1.807) is 11.8 Å². The van der Waals surface area contributed by atoms with Crippen LogP contribution in [0, 0.1) is 0 Å². The summed E-state index contributed by atoms with van der Waals surface area (Å²) in [5, 5.41) is 9.09. The Hall–Kier alpha value is -1.84. The molecule has 2 rings (SSSR count). The van der Waals surface area contributed by atoms with Crippen LogP contribution in [-0.2, 0) is 0 Å². The summed E-state index contributed by atoms with van der Waals surface area (Å²) < 4.78 is 0. The van der Waals surface area contributed by atoms with Gasteiger partial charge in [0.25, 0.3) is 0 Å². The van der Waals surface area contributed by atoms with Gasteiger partial charge >= 0.3 is 0 Å². The summed E-state index contributed by atoms with van der Waals surface area (Å²) in [6, 6.07) is 19.4. The summed E-state index contributed by atoms with van der Waals surface area (Å²) in [6.07, 6.45) is 4.53. The van der Waals surface area contributed by atoms with E-state index in [4.69, 9.17) is 5.11 Å². The number of hydrogen-bond acceptors (Lipinski definition) is 3. The summed E-state index contributed by atoms with van der Waals surface area (Å²) in [5.74, 6) is 0.764.